The topological polar surface area (TPSA) is 46.3 Å². The molecule has 1 aliphatic heterocycles. The van der Waals surface area contributed by atoms with Crippen LogP contribution in [-0.2, 0) is 4.79 Å². The van der Waals surface area contributed by atoms with E-state index in [1.165, 1.54) is 0 Å². The highest BCUT2D eigenvalue weighted by Crippen LogP contribution is 2.24. The van der Waals surface area contributed by atoms with Crippen LogP contribution in [0.1, 0.15) is 27.2 Å². The van der Waals surface area contributed by atoms with Gasteiger partial charge in [0.15, 0.2) is 0 Å². The SMILES string of the molecule is CC1=C(CN)CC(=O)N1C(C)C. The summed E-state index contributed by atoms with van der Waals surface area (Å²) in [5.74, 6) is 0.183. The second-order valence-electron chi connectivity index (χ2n) is 3.43. The molecule has 0 aromatic carbocycles. The molecule has 2 N–H and O–H groups in total. The van der Waals surface area contributed by atoms with Gasteiger partial charge in [-0.3, -0.25) is 4.79 Å². The molecule has 3 nitrogen and oxygen atoms in total. The predicted octanol–water partition coefficient (Wildman–Crippen LogP) is 0.860. The van der Waals surface area contributed by atoms with Crippen molar-refractivity contribution >= 4 is 5.91 Å². The van der Waals surface area contributed by atoms with Gasteiger partial charge in [0, 0.05) is 18.3 Å². The molecule has 0 aromatic heterocycles. The van der Waals surface area contributed by atoms with Crippen molar-refractivity contribution in [3.8, 4) is 0 Å². The van der Waals surface area contributed by atoms with E-state index in [1.54, 1.807) is 0 Å². The molecule has 0 spiro atoms. The first kappa shape index (κ1) is 9.26. The van der Waals surface area contributed by atoms with Gasteiger partial charge >= 0.3 is 0 Å². The van der Waals surface area contributed by atoms with Crippen LogP contribution in [0.25, 0.3) is 0 Å². The number of rotatable bonds is 2. The molecule has 0 aromatic rings. The predicted molar refractivity (Wildman–Crippen MR) is 48.4 cm³/mol. The fraction of sp³-hybridized carbons (Fsp3) is 0.667. The molecule has 12 heavy (non-hydrogen) atoms. The first-order valence-corrected chi connectivity index (χ1v) is 4.28. The number of allylic oxidation sites excluding steroid dienone is 1. The number of hydrogen-bond donors (Lipinski definition) is 1. The Morgan fingerprint density at radius 2 is 2.17 bits per heavy atom. The zero-order valence-corrected chi connectivity index (χ0v) is 7.92. The van der Waals surface area contributed by atoms with Gasteiger partial charge in [-0.1, -0.05) is 0 Å². The average Bonchev–Trinajstić information content (AvgIpc) is 2.25. The van der Waals surface area contributed by atoms with Crippen molar-refractivity contribution in [2.24, 2.45) is 5.73 Å². The van der Waals surface area contributed by atoms with Crippen LogP contribution in [0.5, 0.6) is 0 Å². The van der Waals surface area contributed by atoms with E-state index in [4.69, 9.17) is 5.73 Å². The lowest BCUT2D eigenvalue weighted by Crippen LogP contribution is -2.31. The molecule has 0 bridgehead atoms. The Bertz CT molecular complexity index is 231. The smallest absolute Gasteiger partial charge is 0.231 e. The van der Waals surface area contributed by atoms with Crippen molar-refractivity contribution in [3.05, 3.63) is 11.3 Å². The van der Waals surface area contributed by atoms with Gasteiger partial charge in [0.25, 0.3) is 0 Å². The van der Waals surface area contributed by atoms with E-state index in [0.29, 0.717) is 13.0 Å². The van der Waals surface area contributed by atoms with Gasteiger partial charge in [0.2, 0.25) is 5.91 Å². The van der Waals surface area contributed by atoms with E-state index in [0.717, 1.165) is 11.3 Å². The third-order valence-electron chi connectivity index (χ3n) is 2.27. The molecule has 0 unspecified atom stereocenters. The molecule has 0 radical (unpaired) electrons. The molecule has 0 atom stereocenters. The lowest BCUT2D eigenvalue weighted by atomic mass is 10.2. The zero-order valence-electron chi connectivity index (χ0n) is 7.92. The van der Waals surface area contributed by atoms with Crippen molar-refractivity contribution in [2.75, 3.05) is 6.54 Å². The fourth-order valence-electron chi connectivity index (χ4n) is 1.65. The van der Waals surface area contributed by atoms with Crippen LogP contribution < -0.4 is 5.73 Å². The Morgan fingerprint density at radius 1 is 1.58 bits per heavy atom. The van der Waals surface area contributed by atoms with Gasteiger partial charge in [0.1, 0.15) is 0 Å². The van der Waals surface area contributed by atoms with Crippen LogP contribution in [0.2, 0.25) is 0 Å². The lowest BCUT2D eigenvalue weighted by molar-refractivity contribution is -0.128. The largest absolute Gasteiger partial charge is 0.327 e. The van der Waals surface area contributed by atoms with E-state index < -0.39 is 0 Å². The summed E-state index contributed by atoms with van der Waals surface area (Å²) in [6, 6.07) is 0.251. The van der Waals surface area contributed by atoms with Gasteiger partial charge < -0.3 is 10.6 Å². The Morgan fingerprint density at radius 3 is 2.42 bits per heavy atom. The molecule has 0 aliphatic carbocycles. The minimum atomic E-state index is 0.183. The summed E-state index contributed by atoms with van der Waals surface area (Å²) < 4.78 is 0. The summed E-state index contributed by atoms with van der Waals surface area (Å²) >= 11 is 0. The second kappa shape index (κ2) is 3.27. The summed E-state index contributed by atoms with van der Waals surface area (Å²) in [7, 11) is 0. The number of nitrogens with two attached hydrogens (primary N) is 1. The van der Waals surface area contributed by atoms with Gasteiger partial charge in [-0.15, -0.1) is 0 Å². The second-order valence-corrected chi connectivity index (χ2v) is 3.43. The van der Waals surface area contributed by atoms with Gasteiger partial charge in [-0.25, -0.2) is 0 Å². The standard InChI is InChI=1S/C9H16N2O/c1-6(2)11-7(3)8(5-10)4-9(11)12/h6H,4-5,10H2,1-3H3. The first-order chi connectivity index (χ1) is 5.57. The zero-order chi connectivity index (χ0) is 9.30. The Balaban J connectivity index is 2.88. The van der Waals surface area contributed by atoms with Crippen LogP contribution in [-0.4, -0.2) is 23.4 Å². The third-order valence-corrected chi connectivity index (χ3v) is 2.27. The minimum absolute atomic E-state index is 0.183. The Hall–Kier alpha value is -0.830. The molecule has 68 valence electrons. The van der Waals surface area contributed by atoms with Crippen molar-refractivity contribution in [2.45, 2.75) is 33.2 Å². The molecule has 0 saturated heterocycles. The first-order valence-electron chi connectivity index (χ1n) is 4.28. The summed E-state index contributed by atoms with van der Waals surface area (Å²) in [4.78, 5) is 13.2. The van der Waals surface area contributed by atoms with Crippen LogP contribution in [0, 0.1) is 0 Å². The monoisotopic (exact) mass is 168 g/mol. The molecule has 0 fully saturated rings. The number of hydrogen-bond acceptors (Lipinski definition) is 2. The van der Waals surface area contributed by atoms with E-state index in [2.05, 4.69) is 0 Å². The van der Waals surface area contributed by atoms with Crippen molar-refractivity contribution in [1.82, 2.24) is 4.90 Å². The van der Waals surface area contributed by atoms with Crippen molar-refractivity contribution in [3.63, 3.8) is 0 Å². The highest BCUT2D eigenvalue weighted by Gasteiger charge is 2.27. The molecule has 3 heteroatoms. The average molecular weight is 168 g/mol. The number of carbonyl (C=O) groups excluding carboxylic acids is 1. The molecular formula is C9H16N2O. The summed E-state index contributed by atoms with van der Waals surface area (Å²) in [6.07, 6.45) is 0.514. The van der Waals surface area contributed by atoms with E-state index >= 15 is 0 Å². The number of nitrogens with zero attached hydrogens (tertiary/aromatic N) is 1. The third kappa shape index (κ3) is 1.37. The Labute approximate surface area is 73.2 Å². The fourth-order valence-corrected chi connectivity index (χ4v) is 1.65. The highest BCUT2D eigenvalue weighted by molar-refractivity contribution is 5.84. The maximum Gasteiger partial charge on any atom is 0.231 e. The van der Waals surface area contributed by atoms with Gasteiger partial charge in [-0.05, 0) is 26.3 Å². The van der Waals surface area contributed by atoms with Gasteiger partial charge in [0.05, 0.1) is 6.42 Å². The Kier molecular flexibility index (Phi) is 2.52. The van der Waals surface area contributed by atoms with Crippen LogP contribution in [0.3, 0.4) is 0 Å². The van der Waals surface area contributed by atoms with Crippen LogP contribution >= 0.6 is 0 Å². The van der Waals surface area contributed by atoms with E-state index in [-0.39, 0.29) is 11.9 Å². The maximum atomic E-state index is 11.4. The molecule has 1 aliphatic rings. The molecule has 1 amide bonds. The molecular weight excluding hydrogens is 152 g/mol. The quantitative estimate of drug-likeness (QED) is 0.664. The lowest BCUT2D eigenvalue weighted by Gasteiger charge is -2.22. The van der Waals surface area contributed by atoms with Gasteiger partial charge in [-0.2, -0.15) is 0 Å². The molecule has 1 heterocycles. The summed E-state index contributed by atoms with van der Waals surface area (Å²) in [6.45, 7) is 6.50. The van der Waals surface area contributed by atoms with Crippen LogP contribution in [0.15, 0.2) is 11.3 Å². The van der Waals surface area contributed by atoms with E-state index in [1.807, 2.05) is 25.7 Å². The number of amides is 1. The van der Waals surface area contributed by atoms with Crippen molar-refractivity contribution < 1.29 is 4.79 Å². The number of carbonyl (C=O) groups is 1. The molecule has 1 rings (SSSR count). The minimum Gasteiger partial charge on any atom is -0.327 e. The van der Waals surface area contributed by atoms with Crippen LogP contribution in [0.4, 0.5) is 0 Å². The maximum absolute atomic E-state index is 11.4. The molecule has 0 saturated carbocycles. The normalized spacial score (nSPS) is 18.4. The summed E-state index contributed by atoms with van der Waals surface area (Å²) in [5, 5.41) is 0. The van der Waals surface area contributed by atoms with E-state index in [9.17, 15) is 4.79 Å². The summed E-state index contributed by atoms with van der Waals surface area (Å²) in [5.41, 5.74) is 7.64. The van der Waals surface area contributed by atoms with Crippen molar-refractivity contribution in [1.29, 1.82) is 0 Å². The highest BCUT2D eigenvalue weighted by atomic mass is 16.2.